The number of hydrogen-bond acceptors (Lipinski definition) is 1. The molecule has 0 amide bonds. The molecule has 0 aliphatic heterocycles. The molecule has 1 rings (SSSR count). The number of carbonyl (C=O) groups is 1. The predicted octanol–water partition coefficient (Wildman–Crippen LogP) is 2.18. The Morgan fingerprint density at radius 2 is 2.40 bits per heavy atom. The third-order valence-corrected chi connectivity index (χ3v) is 2.58. The van der Waals surface area contributed by atoms with Crippen molar-refractivity contribution in [2.45, 2.75) is 26.7 Å². The smallest absolute Gasteiger partial charge is 0.126 e. The Bertz CT molecular complexity index is 160. The van der Waals surface area contributed by atoms with Crippen LogP contribution in [0.15, 0.2) is 12.2 Å². The van der Waals surface area contributed by atoms with E-state index in [9.17, 15) is 4.79 Å². The summed E-state index contributed by atoms with van der Waals surface area (Å²) in [6.07, 6.45) is 7.46. The molecule has 2 unspecified atom stereocenters. The summed E-state index contributed by atoms with van der Waals surface area (Å²) < 4.78 is 0. The molecule has 0 radical (unpaired) electrons. The van der Waals surface area contributed by atoms with E-state index in [-0.39, 0.29) is 5.41 Å². The summed E-state index contributed by atoms with van der Waals surface area (Å²) in [4.78, 5) is 10.7. The van der Waals surface area contributed by atoms with Gasteiger partial charge in [0.05, 0.1) is 0 Å². The lowest BCUT2D eigenvalue weighted by atomic mass is 9.73. The van der Waals surface area contributed by atoms with Crippen LogP contribution >= 0.6 is 0 Å². The fourth-order valence-electron chi connectivity index (χ4n) is 1.31. The van der Waals surface area contributed by atoms with E-state index >= 15 is 0 Å². The Kier molecular flexibility index (Phi) is 1.93. The highest BCUT2D eigenvalue weighted by molar-refractivity contribution is 5.60. The van der Waals surface area contributed by atoms with Crippen molar-refractivity contribution in [3.63, 3.8) is 0 Å². The fourth-order valence-corrected chi connectivity index (χ4v) is 1.31. The minimum atomic E-state index is -0.0885. The van der Waals surface area contributed by atoms with Gasteiger partial charge in [-0.05, 0) is 18.8 Å². The molecule has 1 aliphatic carbocycles. The van der Waals surface area contributed by atoms with Crippen molar-refractivity contribution in [1.82, 2.24) is 0 Å². The summed E-state index contributed by atoms with van der Waals surface area (Å²) in [5.74, 6) is 0.416. The minimum Gasteiger partial charge on any atom is -0.303 e. The van der Waals surface area contributed by atoms with E-state index in [2.05, 4.69) is 19.1 Å². The molecule has 0 N–H and O–H groups in total. The summed E-state index contributed by atoms with van der Waals surface area (Å²) in [5, 5.41) is 0. The molecule has 0 aromatic carbocycles. The maximum Gasteiger partial charge on any atom is 0.126 e. The number of rotatable bonds is 1. The Morgan fingerprint density at radius 1 is 1.70 bits per heavy atom. The third kappa shape index (κ3) is 1.13. The van der Waals surface area contributed by atoms with Crippen LogP contribution in [0.2, 0.25) is 0 Å². The number of hydrogen-bond donors (Lipinski definition) is 0. The molecule has 0 fully saturated rings. The minimum absolute atomic E-state index is 0.0885. The van der Waals surface area contributed by atoms with Crippen LogP contribution in [0, 0.1) is 11.3 Å². The monoisotopic (exact) mass is 138 g/mol. The molecule has 0 aromatic rings. The van der Waals surface area contributed by atoms with Crippen LogP contribution in [0.25, 0.3) is 0 Å². The summed E-state index contributed by atoms with van der Waals surface area (Å²) in [6.45, 7) is 4.14. The summed E-state index contributed by atoms with van der Waals surface area (Å²) in [7, 11) is 0. The van der Waals surface area contributed by atoms with Gasteiger partial charge in [0.15, 0.2) is 0 Å². The van der Waals surface area contributed by atoms with E-state index in [0.29, 0.717) is 5.92 Å². The maximum absolute atomic E-state index is 10.7. The van der Waals surface area contributed by atoms with Gasteiger partial charge in [0.2, 0.25) is 0 Å². The van der Waals surface area contributed by atoms with Crippen molar-refractivity contribution in [2.75, 3.05) is 0 Å². The highest BCUT2D eigenvalue weighted by Crippen LogP contribution is 2.34. The molecule has 1 nitrogen and oxygen atoms in total. The SMILES string of the molecule is CC1C=CCCC1(C)C=O. The summed E-state index contributed by atoms with van der Waals surface area (Å²) >= 11 is 0. The van der Waals surface area contributed by atoms with E-state index in [0.717, 1.165) is 19.1 Å². The molecule has 0 aromatic heterocycles. The molecule has 0 saturated carbocycles. The first-order valence-electron chi connectivity index (χ1n) is 3.82. The lowest BCUT2D eigenvalue weighted by Gasteiger charge is -2.30. The molecule has 10 heavy (non-hydrogen) atoms. The second-order valence-corrected chi connectivity index (χ2v) is 3.38. The van der Waals surface area contributed by atoms with E-state index in [1.165, 1.54) is 0 Å². The maximum atomic E-state index is 10.7. The van der Waals surface area contributed by atoms with Gasteiger partial charge in [-0.2, -0.15) is 0 Å². The molecule has 0 saturated heterocycles. The molecule has 1 aliphatic rings. The average molecular weight is 138 g/mol. The van der Waals surface area contributed by atoms with Crippen LogP contribution in [0.5, 0.6) is 0 Å². The van der Waals surface area contributed by atoms with Crippen molar-refractivity contribution in [1.29, 1.82) is 0 Å². The van der Waals surface area contributed by atoms with Gasteiger partial charge in [-0.1, -0.05) is 26.0 Å². The first-order chi connectivity index (χ1) is 4.69. The van der Waals surface area contributed by atoms with Gasteiger partial charge in [0.25, 0.3) is 0 Å². The van der Waals surface area contributed by atoms with Crippen molar-refractivity contribution in [3.05, 3.63) is 12.2 Å². The van der Waals surface area contributed by atoms with Crippen LogP contribution in [-0.4, -0.2) is 6.29 Å². The van der Waals surface area contributed by atoms with Crippen LogP contribution < -0.4 is 0 Å². The molecule has 56 valence electrons. The van der Waals surface area contributed by atoms with Gasteiger partial charge >= 0.3 is 0 Å². The number of aldehydes is 1. The highest BCUT2D eigenvalue weighted by Gasteiger charge is 2.30. The Balaban J connectivity index is 2.77. The van der Waals surface area contributed by atoms with Crippen molar-refractivity contribution < 1.29 is 4.79 Å². The van der Waals surface area contributed by atoms with Crippen molar-refractivity contribution in [3.8, 4) is 0 Å². The lowest BCUT2D eigenvalue weighted by molar-refractivity contribution is -0.117. The molecule has 0 heterocycles. The molecular weight excluding hydrogens is 124 g/mol. The molecule has 2 atom stereocenters. The lowest BCUT2D eigenvalue weighted by Crippen LogP contribution is -2.27. The predicted molar refractivity (Wildman–Crippen MR) is 41.7 cm³/mol. The van der Waals surface area contributed by atoms with Gasteiger partial charge in [-0.3, -0.25) is 0 Å². The van der Waals surface area contributed by atoms with E-state index < -0.39 is 0 Å². The standard InChI is InChI=1S/C9H14O/c1-8-5-3-4-6-9(8,2)7-10/h3,5,7-8H,4,6H2,1-2H3. The summed E-state index contributed by atoms with van der Waals surface area (Å²) in [5.41, 5.74) is -0.0885. The van der Waals surface area contributed by atoms with Gasteiger partial charge < -0.3 is 4.79 Å². The van der Waals surface area contributed by atoms with Gasteiger partial charge in [0, 0.05) is 5.41 Å². The van der Waals surface area contributed by atoms with Crippen LogP contribution in [-0.2, 0) is 4.79 Å². The van der Waals surface area contributed by atoms with Gasteiger partial charge in [-0.15, -0.1) is 0 Å². The second kappa shape index (κ2) is 2.57. The zero-order valence-electron chi connectivity index (χ0n) is 6.63. The number of allylic oxidation sites excluding steroid dienone is 2. The van der Waals surface area contributed by atoms with Crippen molar-refractivity contribution >= 4 is 6.29 Å². The van der Waals surface area contributed by atoms with Crippen molar-refractivity contribution in [2.24, 2.45) is 11.3 Å². The first kappa shape index (κ1) is 7.52. The van der Waals surface area contributed by atoms with Crippen LogP contribution in [0.4, 0.5) is 0 Å². The van der Waals surface area contributed by atoms with E-state index in [4.69, 9.17) is 0 Å². The van der Waals surface area contributed by atoms with Crippen LogP contribution in [0.3, 0.4) is 0 Å². The molecule has 0 bridgehead atoms. The normalized spacial score (nSPS) is 39.6. The average Bonchev–Trinajstić information content (AvgIpc) is 1.96. The number of carbonyl (C=O) groups excluding carboxylic acids is 1. The van der Waals surface area contributed by atoms with E-state index in [1.54, 1.807) is 0 Å². The molecule has 0 spiro atoms. The largest absolute Gasteiger partial charge is 0.303 e. The Hall–Kier alpha value is -0.590. The second-order valence-electron chi connectivity index (χ2n) is 3.38. The molecular formula is C9H14O. The highest BCUT2D eigenvalue weighted by atomic mass is 16.1. The molecule has 1 heteroatoms. The van der Waals surface area contributed by atoms with Crippen LogP contribution in [0.1, 0.15) is 26.7 Å². The van der Waals surface area contributed by atoms with E-state index in [1.807, 2.05) is 6.92 Å². The quantitative estimate of drug-likeness (QED) is 0.401. The fraction of sp³-hybridized carbons (Fsp3) is 0.667. The zero-order chi connectivity index (χ0) is 7.61. The Morgan fingerprint density at radius 3 is 2.80 bits per heavy atom. The third-order valence-electron chi connectivity index (χ3n) is 2.58. The first-order valence-corrected chi connectivity index (χ1v) is 3.82. The van der Waals surface area contributed by atoms with Gasteiger partial charge in [0.1, 0.15) is 6.29 Å². The zero-order valence-corrected chi connectivity index (χ0v) is 6.63. The topological polar surface area (TPSA) is 17.1 Å². The Labute approximate surface area is 62.1 Å². The van der Waals surface area contributed by atoms with Gasteiger partial charge in [-0.25, -0.2) is 0 Å². The summed E-state index contributed by atoms with van der Waals surface area (Å²) in [6, 6.07) is 0.